The Hall–Kier alpha value is -0.0666. The Morgan fingerprint density at radius 2 is 0.708 bits per heavy atom. The van der Waals surface area contributed by atoms with Crippen LogP contribution in [0.4, 0.5) is 0 Å². The van der Waals surface area contributed by atoms with Crippen LogP contribution in [0.2, 0.25) is 0 Å². The maximum Gasteiger partial charge on any atom is 3.00 e. The van der Waals surface area contributed by atoms with Crippen LogP contribution in [0.5, 0.6) is 0 Å². The van der Waals surface area contributed by atoms with Gasteiger partial charge in [-0.05, 0) is 36.8 Å². The van der Waals surface area contributed by atoms with Crippen molar-refractivity contribution in [1.82, 2.24) is 0 Å². The molecule has 0 N–H and O–H groups in total. The smallest absolute Gasteiger partial charge is 1.00 e. The molecule has 0 saturated carbocycles. The molecule has 0 spiro atoms. The van der Waals surface area contributed by atoms with Gasteiger partial charge >= 0.3 is 19.5 Å². The molecule has 0 nitrogen and oxygen atoms in total. The fraction of sp³-hybridized carbons (Fsp3) is 0.400. The molecule has 0 aliphatic carbocycles. The molecule has 4 heteroatoms. The second-order valence-corrected chi connectivity index (χ2v) is 6.13. The first-order valence-electron chi connectivity index (χ1n) is 7.53. The number of aryl methyl sites for hydroxylation is 2. The summed E-state index contributed by atoms with van der Waals surface area (Å²) < 4.78 is 0. The summed E-state index contributed by atoms with van der Waals surface area (Å²) in [6, 6.07) is 17.4. The summed E-state index contributed by atoms with van der Waals surface area (Å²) in [5, 5.41) is 0. The van der Waals surface area contributed by atoms with E-state index in [4.69, 9.17) is 0 Å². The average molecular weight is 476 g/mol. The topological polar surface area (TPSA) is 0 Å². The summed E-state index contributed by atoms with van der Waals surface area (Å²) >= 11 is 0. The van der Waals surface area contributed by atoms with E-state index in [1.165, 1.54) is 22.3 Å². The molecule has 0 heterocycles. The van der Waals surface area contributed by atoms with Crippen molar-refractivity contribution in [2.24, 2.45) is 0 Å². The van der Waals surface area contributed by atoms with Gasteiger partial charge in [-0.3, -0.25) is 0 Å². The Kier molecular flexibility index (Phi) is 21.7. The largest absolute Gasteiger partial charge is 3.00 e. The Bertz CT molecular complexity index is 456. The third-order valence-corrected chi connectivity index (χ3v) is 3.49. The standard InChI is InChI=1S/2C10H14.3ClH.Ru/c2*1-8(2)10-6-4-9(3)5-7-10;;;;/h2*4-8H,1-3H3;3*1H;/q;;;;;+3/p-3. The normalized spacial score (nSPS) is 8.67. The molecular weight excluding hydrogens is 448 g/mol. The van der Waals surface area contributed by atoms with Gasteiger partial charge in [-0.25, -0.2) is 0 Å². The zero-order chi connectivity index (χ0) is 15.1. The third kappa shape index (κ3) is 12.3. The van der Waals surface area contributed by atoms with Gasteiger partial charge in [0, 0.05) is 0 Å². The second kappa shape index (κ2) is 16.4. The van der Waals surface area contributed by atoms with Crippen molar-refractivity contribution >= 4 is 0 Å². The van der Waals surface area contributed by atoms with Gasteiger partial charge in [-0.15, -0.1) is 0 Å². The monoisotopic (exact) mass is 475 g/mol. The van der Waals surface area contributed by atoms with Crippen LogP contribution >= 0.6 is 0 Å². The minimum atomic E-state index is 0. The zero-order valence-corrected chi connectivity index (χ0v) is 19.3. The van der Waals surface area contributed by atoms with Gasteiger partial charge in [-0.1, -0.05) is 87.4 Å². The van der Waals surface area contributed by atoms with Gasteiger partial charge in [0.05, 0.1) is 0 Å². The summed E-state index contributed by atoms with van der Waals surface area (Å²) in [5.74, 6) is 1.31. The molecule has 137 valence electrons. The Morgan fingerprint density at radius 3 is 0.875 bits per heavy atom. The first kappa shape index (κ1) is 31.7. The van der Waals surface area contributed by atoms with E-state index in [9.17, 15) is 0 Å². The molecule has 0 fully saturated rings. The van der Waals surface area contributed by atoms with Gasteiger partial charge in [-0.2, -0.15) is 0 Å². The zero-order valence-electron chi connectivity index (χ0n) is 15.3. The van der Waals surface area contributed by atoms with Gasteiger partial charge in [0.1, 0.15) is 0 Å². The van der Waals surface area contributed by atoms with Crippen LogP contribution in [0.3, 0.4) is 0 Å². The number of halogens is 3. The molecule has 0 unspecified atom stereocenters. The SMILES string of the molecule is Cc1ccc(C(C)C)cc1.Cc1ccc(C(C)C)cc1.[Cl-].[Cl-].[Cl-].[Ru+3]. The molecule has 2 aromatic rings. The van der Waals surface area contributed by atoms with Gasteiger partial charge in [0.25, 0.3) is 0 Å². The van der Waals surface area contributed by atoms with Crippen LogP contribution in [0, 0.1) is 13.8 Å². The molecule has 0 amide bonds. The summed E-state index contributed by atoms with van der Waals surface area (Å²) in [7, 11) is 0. The van der Waals surface area contributed by atoms with Crippen LogP contribution in [-0.4, -0.2) is 0 Å². The van der Waals surface area contributed by atoms with Gasteiger partial charge < -0.3 is 37.2 Å². The minimum Gasteiger partial charge on any atom is -1.00 e. The molecule has 0 aliphatic rings. The van der Waals surface area contributed by atoms with Crippen LogP contribution in [0.25, 0.3) is 0 Å². The van der Waals surface area contributed by atoms with Crippen molar-refractivity contribution in [3.05, 3.63) is 70.8 Å². The Balaban J connectivity index is -0.000000143. The maximum absolute atomic E-state index is 2.21. The third-order valence-electron chi connectivity index (χ3n) is 3.49. The van der Waals surface area contributed by atoms with E-state index in [-0.39, 0.29) is 56.7 Å². The Morgan fingerprint density at radius 1 is 0.500 bits per heavy atom. The van der Waals surface area contributed by atoms with E-state index in [1.807, 2.05) is 0 Å². The van der Waals surface area contributed by atoms with Crippen LogP contribution < -0.4 is 37.2 Å². The molecule has 1 radical (unpaired) electrons. The van der Waals surface area contributed by atoms with Crippen molar-refractivity contribution in [2.75, 3.05) is 0 Å². The van der Waals surface area contributed by atoms with E-state index in [0.717, 1.165) is 0 Å². The van der Waals surface area contributed by atoms with E-state index < -0.39 is 0 Å². The molecule has 0 aromatic heterocycles. The summed E-state index contributed by atoms with van der Waals surface area (Å²) in [6.45, 7) is 13.1. The van der Waals surface area contributed by atoms with Crippen molar-refractivity contribution < 1.29 is 56.7 Å². The minimum absolute atomic E-state index is 0. The molecule has 0 atom stereocenters. The number of rotatable bonds is 2. The van der Waals surface area contributed by atoms with E-state index in [2.05, 4.69) is 90.1 Å². The van der Waals surface area contributed by atoms with E-state index in [0.29, 0.717) is 11.8 Å². The van der Waals surface area contributed by atoms with Crippen molar-refractivity contribution in [2.45, 2.75) is 53.4 Å². The molecule has 2 rings (SSSR count). The summed E-state index contributed by atoms with van der Waals surface area (Å²) in [5.41, 5.74) is 5.52. The van der Waals surface area contributed by atoms with Crippen LogP contribution in [-0.2, 0) is 19.5 Å². The molecule has 2 aromatic carbocycles. The molecule has 0 bridgehead atoms. The molecule has 0 saturated heterocycles. The van der Waals surface area contributed by atoms with Gasteiger partial charge in [0.2, 0.25) is 0 Å². The van der Waals surface area contributed by atoms with Crippen molar-refractivity contribution in [3.63, 3.8) is 0 Å². The van der Waals surface area contributed by atoms with Crippen molar-refractivity contribution in [1.29, 1.82) is 0 Å². The molecule has 0 aliphatic heterocycles. The maximum atomic E-state index is 2.21. The van der Waals surface area contributed by atoms with Gasteiger partial charge in [0.15, 0.2) is 0 Å². The predicted molar refractivity (Wildman–Crippen MR) is 90.5 cm³/mol. The molecule has 24 heavy (non-hydrogen) atoms. The Labute approximate surface area is 180 Å². The number of benzene rings is 2. The number of hydrogen-bond donors (Lipinski definition) is 0. The number of hydrogen-bond acceptors (Lipinski definition) is 0. The first-order valence-corrected chi connectivity index (χ1v) is 7.53. The van der Waals surface area contributed by atoms with E-state index in [1.54, 1.807) is 0 Å². The molecular formula is C20H28Cl3Ru. The van der Waals surface area contributed by atoms with Crippen LogP contribution in [0.1, 0.15) is 61.8 Å². The average Bonchev–Trinajstić information content (AvgIpc) is 2.40. The first-order chi connectivity index (χ1) is 9.40. The fourth-order valence-electron chi connectivity index (χ4n) is 1.90. The van der Waals surface area contributed by atoms with Crippen molar-refractivity contribution in [3.8, 4) is 0 Å². The quantitative estimate of drug-likeness (QED) is 0.413. The van der Waals surface area contributed by atoms with E-state index >= 15 is 0 Å². The predicted octanol–water partition coefficient (Wildman–Crippen LogP) is -2.75. The van der Waals surface area contributed by atoms with Crippen LogP contribution in [0.15, 0.2) is 48.5 Å². The summed E-state index contributed by atoms with van der Waals surface area (Å²) in [6.07, 6.45) is 0. The second-order valence-electron chi connectivity index (χ2n) is 6.13. The summed E-state index contributed by atoms with van der Waals surface area (Å²) in [4.78, 5) is 0. The fourth-order valence-corrected chi connectivity index (χ4v) is 1.90.